The van der Waals surface area contributed by atoms with E-state index < -0.39 is 0 Å². The molecule has 0 unspecified atom stereocenters. The number of likely N-dealkylation sites (tertiary alicyclic amines) is 1. The first-order chi connectivity index (χ1) is 11.3. The Hall–Kier alpha value is -1.94. The van der Waals surface area contributed by atoms with Crippen LogP contribution in [0.15, 0.2) is 42.9 Å². The average Bonchev–Trinajstić information content (AvgIpc) is 3.12. The molecule has 2 aromatic rings. The summed E-state index contributed by atoms with van der Waals surface area (Å²) in [5.41, 5.74) is 2.29. The van der Waals surface area contributed by atoms with Crippen LogP contribution in [-0.4, -0.2) is 34.1 Å². The summed E-state index contributed by atoms with van der Waals surface area (Å²) in [5.74, 6) is 2.36. The molecule has 1 saturated heterocycles. The van der Waals surface area contributed by atoms with Crippen molar-refractivity contribution >= 4 is 0 Å². The third kappa shape index (κ3) is 3.08. The largest absolute Gasteiger partial charge is 0.488 e. The molecule has 4 nitrogen and oxygen atoms in total. The van der Waals surface area contributed by atoms with E-state index in [1.165, 1.54) is 24.9 Å². The predicted molar refractivity (Wildman–Crippen MR) is 89.1 cm³/mol. The Labute approximate surface area is 137 Å². The molecule has 2 aliphatic rings. The topological polar surface area (TPSA) is 38.2 Å². The summed E-state index contributed by atoms with van der Waals surface area (Å²) in [6, 6.07) is 8.17. The Bertz CT molecular complexity index is 661. The van der Waals surface area contributed by atoms with E-state index in [9.17, 15) is 0 Å². The van der Waals surface area contributed by atoms with Crippen LogP contribution in [0.2, 0.25) is 0 Å². The van der Waals surface area contributed by atoms with Gasteiger partial charge in [0.15, 0.2) is 0 Å². The van der Waals surface area contributed by atoms with Crippen molar-refractivity contribution in [2.75, 3.05) is 13.1 Å². The first-order valence-electron chi connectivity index (χ1n) is 8.49. The monoisotopic (exact) mass is 309 g/mol. The van der Waals surface area contributed by atoms with Crippen LogP contribution in [0.3, 0.4) is 0 Å². The van der Waals surface area contributed by atoms with Gasteiger partial charge in [-0.3, -0.25) is 14.9 Å². The zero-order valence-corrected chi connectivity index (χ0v) is 13.6. The van der Waals surface area contributed by atoms with Crippen LogP contribution in [0, 0.1) is 18.8 Å². The van der Waals surface area contributed by atoms with E-state index >= 15 is 0 Å². The van der Waals surface area contributed by atoms with Crippen LogP contribution in [0.1, 0.15) is 24.1 Å². The molecule has 2 fully saturated rings. The molecule has 1 aliphatic carbocycles. The van der Waals surface area contributed by atoms with Gasteiger partial charge in [0.25, 0.3) is 0 Å². The van der Waals surface area contributed by atoms with Crippen LogP contribution in [0.4, 0.5) is 0 Å². The van der Waals surface area contributed by atoms with Crippen LogP contribution in [-0.2, 0) is 6.54 Å². The zero-order chi connectivity index (χ0) is 15.6. The number of hydrogen-bond acceptors (Lipinski definition) is 4. The van der Waals surface area contributed by atoms with Crippen molar-refractivity contribution < 1.29 is 4.74 Å². The summed E-state index contributed by atoms with van der Waals surface area (Å²) in [5, 5.41) is 0. The predicted octanol–water partition coefficient (Wildman–Crippen LogP) is 3.07. The highest BCUT2D eigenvalue weighted by Gasteiger charge is 2.43. The highest BCUT2D eigenvalue weighted by Crippen LogP contribution is 2.40. The summed E-state index contributed by atoms with van der Waals surface area (Å²) >= 11 is 0. The molecular weight excluding hydrogens is 286 g/mol. The van der Waals surface area contributed by atoms with Gasteiger partial charge in [-0.05, 0) is 49.4 Å². The number of pyridine rings is 2. The fraction of sp³-hybridized carbons (Fsp3) is 0.474. The molecule has 3 atom stereocenters. The number of aryl methyl sites for hydroxylation is 1. The Morgan fingerprint density at radius 3 is 2.91 bits per heavy atom. The second kappa shape index (κ2) is 6.28. The summed E-state index contributed by atoms with van der Waals surface area (Å²) in [4.78, 5) is 11.1. The van der Waals surface area contributed by atoms with Gasteiger partial charge in [0.1, 0.15) is 11.9 Å². The summed E-state index contributed by atoms with van der Waals surface area (Å²) in [6.07, 6.45) is 8.42. The average molecular weight is 309 g/mol. The molecule has 2 aromatic heterocycles. The minimum absolute atomic E-state index is 0.335. The molecule has 0 amide bonds. The smallest absolute Gasteiger partial charge is 0.140 e. The first kappa shape index (κ1) is 14.6. The number of hydrogen-bond donors (Lipinski definition) is 0. The number of fused-ring (bicyclic) bond motifs is 1. The van der Waals surface area contributed by atoms with E-state index in [-0.39, 0.29) is 0 Å². The van der Waals surface area contributed by atoms with Crippen molar-refractivity contribution in [3.05, 3.63) is 54.1 Å². The molecule has 0 spiro atoms. The highest BCUT2D eigenvalue weighted by atomic mass is 16.5. The van der Waals surface area contributed by atoms with Crippen molar-refractivity contribution in [2.45, 2.75) is 32.4 Å². The second-order valence-corrected chi connectivity index (χ2v) is 6.80. The van der Waals surface area contributed by atoms with E-state index in [0.717, 1.165) is 30.5 Å². The van der Waals surface area contributed by atoms with Gasteiger partial charge < -0.3 is 4.74 Å². The molecule has 0 N–H and O–H groups in total. The molecule has 0 aromatic carbocycles. The van der Waals surface area contributed by atoms with Crippen molar-refractivity contribution in [1.29, 1.82) is 0 Å². The maximum Gasteiger partial charge on any atom is 0.140 e. The van der Waals surface area contributed by atoms with Gasteiger partial charge in [-0.1, -0.05) is 6.07 Å². The Balaban J connectivity index is 1.41. The fourth-order valence-electron chi connectivity index (χ4n) is 4.09. The lowest BCUT2D eigenvalue weighted by molar-refractivity contribution is 0.146. The van der Waals surface area contributed by atoms with Crippen molar-refractivity contribution in [1.82, 2.24) is 14.9 Å². The minimum atomic E-state index is 0.335. The maximum atomic E-state index is 6.32. The molecular formula is C19H23N3O. The normalized spacial score (nSPS) is 27.1. The van der Waals surface area contributed by atoms with Gasteiger partial charge in [0.2, 0.25) is 0 Å². The van der Waals surface area contributed by atoms with Gasteiger partial charge in [0, 0.05) is 44.1 Å². The molecule has 0 radical (unpaired) electrons. The molecule has 120 valence electrons. The lowest BCUT2D eigenvalue weighted by Gasteiger charge is -2.22. The summed E-state index contributed by atoms with van der Waals surface area (Å²) < 4.78 is 6.32. The second-order valence-electron chi connectivity index (χ2n) is 6.80. The fourth-order valence-corrected chi connectivity index (χ4v) is 4.09. The van der Waals surface area contributed by atoms with Crippen LogP contribution < -0.4 is 4.74 Å². The van der Waals surface area contributed by atoms with Gasteiger partial charge in [0.05, 0.1) is 5.69 Å². The van der Waals surface area contributed by atoms with Crippen molar-refractivity contribution in [3.63, 3.8) is 0 Å². The third-order valence-corrected chi connectivity index (χ3v) is 5.23. The summed E-state index contributed by atoms with van der Waals surface area (Å²) in [7, 11) is 0. The molecule has 4 rings (SSSR count). The van der Waals surface area contributed by atoms with Gasteiger partial charge in [-0.15, -0.1) is 0 Å². The highest BCUT2D eigenvalue weighted by molar-refractivity contribution is 5.26. The summed E-state index contributed by atoms with van der Waals surface area (Å²) in [6.45, 7) is 5.33. The Morgan fingerprint density at radius 1 is 1.17 bits per heavy atom. The number of aromatic nitrogens is 2. The lowest BCUT2D eigenvalue weighted by Crippen LogP contribution is -2.28. The standard InChI is InChI=1S/C19H23N3O/c1-14-18(5-3-9-21-14)23-19-7-6-16-12-22(13-17(16)19)11-15-4-2-8-20-10-15/h2-5,8-10,16-17,19H,6-7,11-13H2,1H3/t16-,17+,19+/m0/s1. The zero-order valence-electron chi connectivity index (χ0n) is 13.6. The van der Waals surface area contributed by atoms with E-state index in [0.29, 0.717) is 12.0 Å². The van der Waals surface area contributed by atoms with Crippen molar-refractivity contribution in [3.8, 4) is 5.75 Å². The molecule has 4 heteroatoms. The SMILES string of the molecule is Cc1ncccc1O[C@@H]1CC[C@H]2CN(Cc3cccnc3)C[C@H]21. The molecule has 1 aliphatic heterocycles. The molecule has 0 bridgehead atoms. The lowest BCUT2D eigenvalue weighted by atomic mass is 9.99. The van der Waals surface area contributed by atoms with Crippen LogP contribution >= 0.6 is 0 Å². The Morgan fingerprint density at radius 2 is 2.09 bits per heavy atom. The van der Waals surface area contributed by atoms with Gasteiger partial charge >= 0.3 is 0 Å². The number of rotatable bonds is 4. The van der Waals surface area contributed by atoms with Gasteiger partial charge in [-0.25, -0.2) is 0 Å². The van der Waals surface area contributed by atoms with E-state index in [1.807, 2.05) is 43.7 Å². The number of ether oxygens (including phenoxy) is 1. The number of nitrogens with zero attached hydrogens (tertiary/aromatic N) is 3. The quantitative estimate of drug-likeness (QED) is 0.870. The van der Waals surface area contributed by atoms with Crippen LogP contribution in [0.5, 0.6) is 5.75 Å². The van der Waals surface area contributed by atoms with E-state index in [4.69, 9.17) is 4.74 Å². The van der Waals surface area contributed by atoms with Gasteiger partial charge in [-0.2, -0.15) is 0 Å². The first-order valence-corrected chi connectivity index (χ1v) is 8.49. The molecule has 3 heterocycles. The minimum Gasteiger partial charge on any atom is -0.488 e. The van der Waals surface area contributed by atoms with Crippen LogP contribution in [0.25, 0.3) is 0 Å². The maximum absolute atomic E-state index is 6.32. The van der Waals surface area contributed by atoms with Crippen molar-refractivity contribution in [2.24, 2.45) is 11.8 Å². The van der Waals surface area contributed by atoms with E-state index in [1.54, 1.807) is 0 Å². The van der Waals surface area contributed by atoms with E-state index in [2.05, 4.69) is 20.9 Å². The molecule has 1 saturated carbocycles. The molecule has 23 heavy (non-hydrogen) atoms. The third-order valence-electron chi connectivity index (χ3n) is 5.23. The Kier molecular flexibility index (Phi) is 4.00.